The highest BCUT2D eigenvalue weighted by molar-refractivity contribution is 6.45. The molecule has 7 atom stereocenters. The summed E-state index contributed by atoms with van der Waals surface area (Å²) < 4.78 is 23.4. The van der Waals surface area contributed by atoms with Crippen molar-refractivity contribution in [3.8, 4) is 0 Å². The maximum Gasteiger partial charge on any atom is 0.457 e. The zero-order valence-electron chi connectivity index (χ0n) is 21.3. The van der Waals surface area contributed by atoms with Crippen molar-refractivity contribution in [3.63, 3.8) is 0 Å². The predicted octanol–water partition coefficient (Wildman–Crippen LogP) is 3.23. The Morgan fingerprint density at radius 1 is 1.21 bits per heavy atom. The van der Waals surface area contributed by atoms with Crippen molar-refractivity contribution >= 4 is 19.2 Å². The Labute approximate surface area is 198 Å². The highest BCUT2D eigenvalue weighted by Crippen LogP contribution is 2.65. The molecule has 0 aromatic carbocycles. The van der Waals surface area contributed by atoms with Crippen LogP contribution >= 0.6 is 0 Å². The first-order valence-electron chi connectivity index (χ1n) is 12.4. The molecule has 5 aliphatic rings. The van der Waals surface area contributed by atoms with Gasteiger partial charge in [-0.2, -0.15) is 0 Å². The molecule has 0 aromatic heterocycles. The zero-order valence-corrected chi connectivity index (χ0v) is 21.3. The third-order valence-corrected chi connectivity index (χ3v) is 8.75. The first-order chi connectivity index (χ1) is 15.3. The monoisotopic (exact) mass is 464 g/mol. The van der Waals surface area contributed by atoms with Crippen molar-refractivity contribution in [2.75, 3.05) is 13.7 Å². The van der Waals surface area contributed by atoms with Gasteiger partial charge in [0.25, 0.3) is 0 Å². The Kier molecular flexibility index (Phi) is 6.32. The Hall–Kier alpha value is -1.32. The molecular formula is C24H41BN2O6. The predicted molar refractivity (Wildman–Crippen MR) is 124 cm³/mol. The van der Waals surface area contributed by atoms with Crippen LogP contribution in [0.5, 0.6) is 0 Å². The average molecular weight is 464 g/mol. The van der Waals surface area contributed by atoms with Gasteiger partial charge in [-0.25, -0.2) is 9.59 Å². The van der Waals surface area contributed by atoms with E-state index in [1.165, 1.54) is 18.4 Å². The normalized spacial score (nSPS) is 39.2. The van der Waals surface area contributed by atoms with Crippen LogP contribution in [0.3, 0.4) is 0 Å². The molecule has 0 radical (unpaired) electrons. The number of hydrogen-bond acceptors (Lipinski definition) is 7. The summed E-state index contributed by atoms with van der Waals surface area (Å²) in [6, 6.07) is -1.06. The highest BCUT2D eigenvalue weighted by atomic mass is 16.7. The van der Waals surface area contributed by atoms with Gasteiger partial charge >= 0.3 is 19.2 Å². The number of ether oxygens (including phenoxy) is 2. The maximum atomic E-state index is 12.7. The molecule has 5 fully saturated rings. The van der Waals surface area contributed by atoms with Crippen LogP contribution in [-0.2, 0) is 23.6 Å². The Morgan fingerprint density at radius 2 is 1.91 bits per heavy atom. The van der Waals surface area contributed by atoms with E-state index in [-0.39, 0.29) is 37.3 Å². The van der Waals surface area contributed by atoms with Crippen LogP contribution in [0.15, 0.2) is 0 Å². The lowest BCUT2D eigenvalue weighted by Crippen LogP contribution is -2.65. The van der Waals surface area contributed by atoms with E-state index >= 15 is 0 Å². The van der Waals surface area contributed by atoms with Crippen molar-refractivity contribution in [2.24, 2.45) is 28.9 Å². The van der Waals surface area contributed by atoms with Crippen molar-refractivity contribution in [1.29, 1.82) is 0 Å². The van der Waals surface area contributed by atoms with E-state index in [0.29, 0.717) is 17.8 Å². The first-order valence-corrected chi connectivity index (χ1v) is 12.4. The molecule has 1 amide bonds. The molecule has 2 saturated heterocycles. The van der Waals surface area contributed by atoms with Gasteiger partial charge in [-0.3, -0.25) is 4.90 Å². The standard InChI is InChI=1S/C24H41BN2O6/c1-22(2,3)31-21(29)27-13-16(26)15(19(27)20(28)30-7)9-8-10-25-32-18-12-14-11-17(23(14,4)5)24(18,6)33-25/h14-19H,8-13,26H2,1-7H3/t14-,15-,16+,17-,18?,19+,24-/m1/s1. The topological polar surface area (TPSA) is 100 Å². The molecule has 3 aliphatic carbocycles. The first kappa shape index (κ1) is 24.8. The van der Waals surface area contributed by atoms with Crippen LogP contribution in [0, 0.1) is 23.2 Å². The quantitative estimate of drug-likeness (QED) is 0.493. The summed E-state index contributed by atoms with van der Waals surface area (Å²) in [7, 11) is 1.11. The summed E-state index contributed by atoms with van der Waals surface area (Å²) in [6.07, 6.45) is 4.15. The summed E-state index contributed by atoms with van der Waals surface area (Å²) in [5.41, 5.74) is 5.85. The number of carbonyl (C=O) groups excluding carboxylic acids is 2. The molecule has 186 valence electrons. The van der Waals surface area contributed by atoms with Gasteiger partial charge in [0, 0.05) is 18.5 Å². The van der Waals surface area contributed by atoms with E-state index in [2.05, 4.69) is 20.8 Å². The van der Waals surface area contributed by atoms with Gasteiger partial charge in [-0.1, -0.05) is 20.3 Å². The fourth-order valence-corrected chi connectivity index (χ4v) is 6.84. The Balaban J connectivity index is 1.36. The van der Waals surface area contributed by atoms with Crippen molar-refractivity contribution in [2.45, 2.75) is 103 Å². The summed E-state index contributed by atoms with van der Waals surface area (Å²) in [6.45, 7) is 12.6. The van der Waals surface area contributed by atoms with E-state index in [0.717, 1.165) is 25.1 Å². The van der Waals surface area contributed by atoms with E-state index in [4.69, 9.17) is 24.5 Å². The molecule has 2 aliphatic heterocycles. The molecule has 1 unspecified atom stereocenters. The van der Waals surface area contributed by atoms with Gasteiger partial charge in [-0.05, 0) is 70.5 Å². The Morgan fingerprint density at radius 3 is 2.52 bits per heavy atom. The molecule has 8 nitrogen and oxygen atoms in total. The molecule has 2 heterocycles. The molecule has 5 rings (SSSR count). The van der Waals surface area contributed by atoms with Crippen LogP contribution in [-0.4, -0.2) is 67.1 Å². The average Bonchev–Trinajstić information content (AvgIpc) is 3.22. The Bertz CT molecular complexity index is 785. The van der Waals surface area contributed by atoms with Crippen LogP contribution < -0.4 is 5.73 Å². The molecular weight excluding hydrogens is 423 g/mol. The van der Waals surface area contributed by atoms with Crippen LogP contribution in [0.4, 0.5) is 4.79 Å². The second kappa shape index (κ2) is 8.42. The SMILES string of the molecule is COC(=O)[C@@H]1[C@H](CCCB2OC3C[C@H]4C[C@H](C4(C)C)[C@@]3(C)O2)[C@@H](N)CN1C(=O)OC(C)(C)C. The number of methoxy groups -OCH3 is 1. The number of rotatable bonds is 5. The summed E-state index contributed by atoms with van der Waals surface area (Å²) >= 11 is 0. The van der Waals surface area contributed by atoms with Crippen molar-refractivity contribution < 1.29 is 28.4 Å². The van der Waals surface area contributed by atoms with Gasteiger partial charge in [-0.15, -0.1) is 0 Å². The van der Waals surface area contributed by atoms with Gasteiger partial charge < -0.3 is 24.5 Å². The highest BCUT2D eigenvalue weighted by Gasteiger charge is 2.67. The van der Waals surface area contributed by atoms with Gasteiger partial charge in [0.05, 0.1) is 18.8 Å². The third-order valence-electron chi connectivity index (χ3n) is 8.75. The van der Waals surface area contributed by atoms with Crippen molar-refractivity contribution in [1.82, 2.24) is 4.90 Å². The molecule has 0 aromatic rings. The summed E-state index contributed by atoms with van der Waals surface area (Å²) in [4.78, 5) is 26.8. The van der Waals surface area contributed by atoms with E-state index in [1.807, 2.05) is 0 Å². The molecule has 2 N–H and O–H groups in total. The van der Waals surface area contributed by atoms with Crippen molar-refractivity contribution in [3.05, 3.63) is 0 Å². The van der Waals surface area contributed by atoms with E-state index < -0.39 is 23.7 Å². The zero-order chi connectivity index (χ0) is 24.3. The smallest absolute Gasteiger partial charge is 0.457 e. The second-order valence-corrected chi connectivity index (χ2v) is 12.3. The number of likely N-dealkylation sites (tertiary alicyclic amines) is 1. The van der Waals surface area contributed by atoms with Crippen LogP contribution in [0.25, 0.3) is 0 Å². The minimum atomic E-state index is -0.738. The number of carbonyl (C=O) groups is 2. The van der Waals surface area contributed by atoms with E-state index in [9.17, 15) is 9.59 Å². The molecule has 33 heavy (non-hydrogen) atoms. The number of nitrogens with zero attached hydrogens (tertiary/aromatic N) is 1. The molecule has 0 spiro atoms. The minimum Gasteiger partial charge on any atom is -0.467 e. The molecule has 3 saturated carbocycles. The van der Waals surface area contributed by atoms with Crippen LogP contribution in [0.2, 0.25) is 6.32 Å². The third kappa shape index (κ3) is 4.29. The minimum absolute atomic E-state index is 0.165. The molecule has 9 heteroatoms. The fourth-order valence-electron chi connectivity index (χ4n) is 6.84. The van der Waals surface area contributed by atoms with Gasteiger partial charge in [0.1, 0.15) is 11.6 Å². The number of esters is 1. The lowest BCUT2D eigenvalue weighted by molar-refractivity contribution is -0.199. The summed E-state index contributed by atoms with van der Waals surface area (Å²) in [5, 5.41) is 0. The second-order valence-electron chi connectivity index (χ2n) is 12.3. The van der Waals surface area contributed by atoms with Gasteiger partial charge in [0.15, 0.2) is 0 Å². The lowest BCUT2D eigenvalue weighted by atomic mass is 9.43. The van der Waals surface area contributed by atoms with Gasteiger partial charge in [0.2, 0.25) is 0 Å². The van der Waals surface area contributed by atoms with Crippen LogP contribution in [0.1, 0.15) is 67.2 Å². The largest absolute Gasteiger partial charge is 0.467 e. The summed E-state index contributed by atoms with van der Waals surface area (Å²) in [5.74, 6) is 0.607. The number of nitrogens with two attached hydrogens (primary N) is 1. The lowest BCUT2D eigenvalue weighted by Gasteiger charge is -2.64. The maximum absolute atomic E-state index is 12.7. The van der Waals surface area contributed by atoms with E-state index in [1.54, 1.807) is 20.8 Å². The molecule has 2 bridgehead atoms. The fraction of sp³-hybridized carbons (Fsp3) is 0.917. The number of amides is 1. The number of hydrogen-bond donors (Lipinski definition) is 1.